The highest BCUT2D eigenvalue weighted by Gasteiger charge is 2.22. The quantitative estimate of drug-likeness (QED) is 0.860. The van der Waals surface area contributed by atoms with Crippen LogP contribution in [0.1, 0.15) is 44.3 Å². The molecule has 1 aromatic carbocycles. The first-order valence-electron chi connectivity index (χ1n) is 6.94. The molecule has 1 unspecified atom stereocenters. The van der Waals surface area contributed by atoms with Crippen LogP contribution in [0.5, 0.6) is 0 Å². The molecule has 2 atom stereocenters. The molecule has 4 heteroatoms. The molecule has 0 amide bonds. The molecule has 0 saturated heterocycles. The summed E-state index contributed by atoms with van der Waals surface area (Å²) in [5.74, 6) is -1.14. The average molecular weight is 269 g/mol. The van der Waals surface area contributed by atoms with Crippen molar-refractivity contribution < 1.29 is 13.9 Å². The van der Waals surface area contributed by atoms with Crippen molar-refractivity contribution in [3.8, 4) is 0 Å². The van der Waals surface area contributed by atoms with E-state index in [4.69, 9.17) is 0 Å². The van der Waals surface area contributed by atoms with E-state index in [1.165, 1.54) is 31.7 Å². The smallest absolute Gasteiger partial charge is 0.159 e. The zero-order valence-corrected chi connectivity index (χ0v) is 11.2. The van der Waals surface area contributed by atoms with E-state index in [0.717, 1.165) is 12.1 Å². The Morgan fingerprint density at radius 3 is 2.58 bits per heavy atom. The van der Waals surface area contributed by atoms with Gasteiger partial charge >= 0.3 is 0 Å². The van der Waals surface area contributed by atoms with Crippen LogP contribution in [0.2, 0.25) is 0 Å². The fourth-order valence-electron chi connectivity index (χ4n) is 2.76. The highest BCUT2D eigenvalue weighted by molar-refractivity contribution is 5.20. The van der Waals surface area contributed by atoms with Crippen LogP contribution in [-0.2, 0) is 0 Å². The molecular formula is C15H21F2NO. The summed E-state index contributed by atoms with van der Waals surface area (Å²) in [5, 5.41) is 13.3. The fraction of sp³-hybridized carbons (Fsp3) is 0.600. The Bertz CT molecular complexity index is 419. The SMILES string of the molecule is C[C@H](NCC(O)c1ccc(F)c(F)c1)C1CCCC1. The predicted octanol–water partition coefficient (Wildman–Crippen LogP) is 3.17. The molecule has 2 nitrogen and oxygen atoms in total. The number of benzene rings is 1. The molecule has 19 heavy (non-hydrogen) atoms. The Hall–Kier alpha value is -1.00. The van der Waals surface area contributed by atoms with Crippen LogP contribution < -0.4 is 5.32 Å². The lowest BCUT2D eigenvalue weighted by Crippen LogP contribution is -2.35. The van der Waals surface area contributed by atoms with Crippen molar-refractivity contribution in [2.75, 3.05) is 6.54 Å². The van der Waals surface area contributed by atoms with E-state index in [1.54, 1.807) is 0 Å². The van der Waals surface area contributed by atoms with Crippen molar-refractivity contribution in [2.45, 2.75) is 44.8 Å². The van der Waals surface area contributed by atoms with E-state index >= 15 is 0 Å². The van der Waals surface area contributed by atoms with E-state index in [0.29, 0.717) is 24.1 Å². The first kappa shape index (κ1) is 14.4. The second kappa shape index (κ2) is 6.44. The fourth-order valence-corrected chi connectivity index (χ4v) is 2.76. The van der Waals surface area contributed by atoms with Gasteiger partial charge in [0.05, 0.1) is 6.10 Å². The highest BCUT2D eigenvalue weighted by atomic mass is 19.2. The lowest BCUT2D eigenvalue weighted by atomic mass is 9.99. The average Bonchev–Trinajstić information content (AvgIpc) is 2.92. The van der Waals surface area contributed by atoms with Gasteiger partial charge in [0.2, 0.25) is 0 Å². The van der Waals surface area contributed by atoms with Crippen LogP contribution in [0.25, 0.3) is 0 Å². The molecule has 0 radical (unpaired) electrons. The van der Waals surface area contributed by atoms with Gasteiger partial charge in [-0.15, -0.1) is 0 Å². The minimum Gasteiger partial charge on any atom is -0.387 e. The summed E-state index contributed by atoms with van der Waals surface area (Å²) in [5.41, 5.74) is 0.407. The second-order valence-electron chi connectivity index (χ2n) is 5.43. The lowest BCUT2D eigenvalue weighted by Gasteiger charge is -2.22. The zero-order valence-electron chi connectivity index (χ0n) is 11.2. The van der Waals surface area contributed by atoms with Gasteiger partial charge in [-0.25, -0.2) is 8.78 Å². The van der Waals surface area contributed by atoms with Gasteiger partial charge in [-0.2, -0.15) is 0 Å². The minimum atomic E-state index is -0.916. The van der Waals surface area contributed by atoms with Crippen molar-refractivity contribution >= 4 is 0 Å². The van der Waals surface area contributed by atoms with Crippen LogP contribution in [0.15, 0.2) is 18.2 Å². The molecule has 106 valence electrons. The third-order valence-corrected chi connectivity index (χ3v) is 4.07. The third-order valence-electron chi connectivity index (χ3n) is 4.07. The molecular weight excluding hydrogens is 248 g/mol. The molecule has 2 rings (SSSR count). The van der Waals surface area contributed by atoms with Crippen LogP contribution in [0.3, 0.4) is 0 Å². The Morgan fingerprint density at radius 2 is 1.95 bits per heavy atom. The summed E-state index contributed by atoms with van der Waals surface area (Å²) in [4.78, 5) is 0. The largest absolute Gasteiger partial charge is 0.387 e. The Balaban J connectivity index is 1.86. The number of hydrogen-bond donors (Lipinski definition) is 2. The standard InChI is InChI=1S/C15H21F2NO/c1-10(11-4-2-3-5-11)18-9-15(19)12-6-7-13(16)14(17)8-12/h6-8,10-11,15,18-19H,2-5,9H2,1H3/t10-,15?/m0/s1. The van der Waals surface area contributed by atoms with Crippen molar-refractivity contribution in [1.29, 1.82) is 0 Å². The zero-order chi connectivity index (χ0) is 13.8. The van der Waals surface area contributed by atoms with Crippen molar-refractivity contribution in [2.24, 2.45) is 5.92 Å². The topological polar surface area (TPSA) is 32.3 Å². The van der Waals surface area contributed by atoms with Crippen molar-refractivity contribution in [1.82, 2.24) is 5.32 Å². The predicted molar refractivity (Wildman–Crippen MR) is 70.7 cm³/mol. The first-order chi connectivity index (χ1) is 9.08. The van der Waals surface area contributed by atoms with Gasteiger partial charge in [0.1, 0.15) is 0 Å². The monoisotopic (exact) mass is 269 g/mol. The molecule has 1 aromatic rings. The van der Waals surface area contributed by atoms with Crippen LogP contribution in [0, 0.1) is 17.6 Å². The van der Waals surface area contributed by atoms with Crippen molar-refractivity contribution in [3.05, 3.63) is 35.4 Å². The molecule has 1 saturated carbocycles. The number of rotatable bonds is 5. The maximum absolute atomic E-state index is 13.1. The minimum absolute atomic E-state index is 0.349. The van der Waals surface area contributed by atoms with E-state index < -0.39 is 17.7 Å². The summed E-state index contributed by atoms with van der Waals surface area (Å²) < 4.78 is 25.9. The summed E-state index contributed by atoms with van der Waals surface area (Å²) in [6.07, 6.45) is 4.22. The normalized spacial score (nSPS) is 19.6. The molecule has 2 N–H and O–H groups in total. The van der Waals surface area contributed by atoms with E-state index in [2.05, 4.69) is 12.2 Å². The van der Waals surface area contributed by atoms with E-state index in [9.17, 15) is 13.9 Å². The Labute approximate surface area is 112 Å². The summed E-state index contributed by atoms with van der Waals surface area (Å²) in [6, 6.07) is 3.88. The van der Waals surface area contributed by atoms with Gasteiger partial charge < -0.3 is 10.4 Å². The van der Waals surface area contributed by atoms with E-state index in [1.807, 2.05) is 0 Å². The number of halogens is 2. The van der Waals surface area contributed by atoms with Crippen LogP contribution in [0.4, 0.5) is 8.78 Å². The molecule has 1 fully saturated rings. The molecule has 1 aliphatic carbocycles. The summed E-state index contributed by atoms with van der Waals surface area (Å²) in [6.45, 7) is 2.48. The first-order valence-corrected chi connectivity index (χ1v) is 6.94. The Morgan fingerprint density at radius 1 is 1.26 bits per heavy atom. The highest BCUT2D eigenvalue weighted by Crippen LogP contribution is 2.27. The summed E-state index contributed by atoms with van der Waals surface area (Å²) >= 11 is 0. The molecule has 0 heterocycles. The Kier molecular flexibility index (Phi) is 4.88. The number of aliphatic hydroxyl groups excluding tert-OH is 1. The van der Waals surface area contributed by atoms with Gasteiger partial charge in [0.15, 0.2) is 11.6 Å². The maximum atomic E-state index is 13.1. The van der Waals surface area contributed by atoms with Crippen molar-refractivity contribution in [3.63, 3.8) is 0 Å². The number of aliphatic hydroxyl groups is 1. The van der Waals surface area contributed by atoms with Gasteiger partial charge in [-0.05, 0) is 43.4 Å². The molecule has 0 aromatic heterocycles. The summed E-state index contributed by atoms with van der Waals surface area (Å²) in [7, 11) is 0. The molecule has 0 spiro atoms. The van der Waals surface area contributed by atoms with Gasteiger partial charge in [-0.1, -0.05) is 18.9 Å². The lowest BCUT2D eigenvalue weighted by molar-refractivity contribution is 0.165. The van der Waals surface area contributed by atoms with Gasteiger partial charge in [-0.3, -0.25) is 0 Å². The number of hydrogen-bond acceptors (Lipinski definition) is 2. The van der Waals surface area contributed by atoms with Gasteiger partial charge in [0, 0.05) is 12.6 Å². The molecule has 1 aliphatic rings. The maximum Gasteiger partial charge on any atom is 0.159 e. The van der Waals surface area contributed by atoms with Crippen LogP contribution in [-0.4, -0.2) is 17.7 Å². The van der Waals surface area contributed by atoms with Crippen LogP contribution >= 0.6 is 0 Å². The second-order valence-corrected chi connectivity index (χ2v) is 5.43. The van der Waals surface area contributed by atoms with E-state index in [-0.39, 0.29) is 0 Å². The third kappa shape index (κ3) is 3.74. The number of nitrogens with one attached hydrogen (secondary N) is 1. The molecule has 0 bridgehead atoms. The molecule has 0 aliphatic heterocycles. The van der Waals surface area contributed by atoms with Gasteiger partial charge in [0.25, 0.3) is 0 Å².